The summed E-state index contributed by atoms with van der Waals surface area (Å²) in [6.07, 6.45) is 4.81. The summed E-state index contributed by atoms with van der Waals surface area (Å²) in [4.78, 5) is 14.6. The summed E-state index contributed by atoms with van der Waals surface area (Å²) in [5.41, 5.74) is 1.91. The minimum Gasteiger partial charge on any atom is -0.338 e. The molecule has 2 aromatic rings. The number of benzene rings is 1. The molecule has 5 nitrogen and oxygen atoms in total. The fourth-order valence-corrected chi connectivity index (χ4v) is 3.13. The number of rotatable bonds is 3. The number of nitrogens with zero attached hydrogens (tertiary/aromatic N) is 4. The zero-order valence-electron chi connectivity index (χ0n) is 13.2. The number of carbonyl (C=O) groups is 1. The highest BCUT2D eigenvalue weighted by molar-refractivity contribution is 5.94. The first-order valence-electron chi connectivity index (χ1n) is 7.82. The van der Waals surface area contributed by atoms with Crippen LogP contribution in [0.15, 0.2) is 30.6 Å². The zero-order valence-corrected chi connectivity index (χ0v) is 13.2. The van der Waals surface area contributed by atoms with Crippen LogP contribution in [0.25, 0.3) is 0 Å². The molecule has 22 heavy (non-hydrogen) atoms. The highest BCUT2D eigenvalue weighted by atomic mass is 16.2. The van der Waals surface area contributed by atoms with Gasteiger partial charge in [-0.05, 0) is 37.8 Å². The number of piperidine rings is 1. The number of likely N-dealkylation sites (tertiary alicyclic amines) is 1. The summed E-state index contributed by atoms with van der Waals surface area (Å²) >= 11 is 0. The largest absolute Gasteiger partial charge is 0.338 e. The number of hydrogen-bond donors (Lipinski definition) is 0. The van der Waals surface area contributed by atoms with E-state index in [0.717, 1.165) is 49.3 Å². The van der Waals surface area contributed by atoms with Gasteiger partial charge in [0.1, 0.15) is 12.2 Å². The van der Waals surface area contributed by atoms with Gasteiger partial charge in [0.15, 0.2) is 0 Å². The summed E-state index contributed by atoms with van der Waals surface area (Å²) in [7, 11) is 1.97. The third-order valence-electron chi connectivity index (χ3n) is 4.35. The Hall–Kier alpha value is -2.17. The molecule has 1 unspecified atom stereocenters. The van der Waals surface area contributed by atoms with E-state index in [9.17, 15) is 4.79 Å². The number of aryl methyl sites for hydroxylation is 2. The maximum absolute atomic E-state index is 12.7. The van der Waals surface area contributed by atoms with Crippen molar-refractivity contribution in [1.29, 1.82) is 0 Å². The molecular weight excluding hydrogens is 276 g/mol. The van der Waals surface area contributed by atoms with Crippen molar-refractivity contribution in [3.8, 4) is 0 Å². The van der Waals surface area contributed by atoms with Gasteiger partial charge in [0.2, 0.25) is 0 Å². The van der Waals surface area contributed by atoms with Gasteiger partial charge in [0.05, 0.1) is 0 Å². The van der Waals surface area contributed by atoms with Crippen LogP contribution in [-0.2, 0) is 13.5 Å². The number of carbonyl (C=O) groups excluding carboxylic acids is 1. The lowest BCUT2D eigenvalue weighted by atomic mass is 9.94. The Morgan fingerprint density at radius 3 is 3.00 bits per heavy atom. The molecule has 5 heteroatoms. The molecule has 1 aliphatic heterocycles. The van der Waals surface area contributed by atoms with Gasteiger partial charge in [-0.1, -0.05) is 17.7 Å². The van der Waals surface area contributed by atoms with Crippen LogP contribution >= 0.6 is 0 Å². The average Bonchev–Trinajstić information content (AvgIpc) is 2.92. The first-order chi connectivity index (χ1) is 10.6. The predicted octanol–water partition coefficient (Wildman–Crippen LogP) is 2.22. The molecule has 1 amide bonds. The Morgan fingerprint density at radius 2 is 2.27 bits per heavy atom. The van der Waals surface area contributed by atoms with E-state index in [1.165, 1.54) is 0 Å². The second-order valence-electron chi connectivity index (χ2n) is 6.19. The first kappa shape index (κ1) is 14.8. The molecule has 0 saturated carbocycles. The van der Waals surface area contributed by atoms with Gasteiger partial charge >= 0.3 is 0 Å². The Balaban J connectivity index is 1.67. The second-order valence-corrected chi connectivity index (χ2v) is 6.19. The quantitative estimate of drug-likeness (QED) is 0.873. The standard InChI is InChI=1S/C17H22N4O/c1-13-5-3-7-15(9-13)17(22)21-8-4-6-14(11-21)10-16-19-18-12-20(16)2/h3,5,7,9,12,14H,4,6,8,10-11H2,1-2H3. The van der Waals surface area contributed by atoms with Crippen LogP contribution in [0.1, 0.15) is 34.6 Å². The van der Waals surface area contributed by atoms with Gasteiger partial charge in [-0.2, -0.15) is 0 Å². The Kier molecular flexibility index (Phi) is 4.22. The predicted molar refractivity (Wildman–Crippen MR) is 84.5 cm³/mol. The van der Waals surface area contributed by atoms with Crippen molar-refractivity contribution < 1.29 is 4.79 Å². The van der Waals surface area contributed by atoms with Gasteiger partial charge in [0.25, 0.3) is 5.91 Å². The van der Waals surface area contributed by atoms with E-state index in [0.29, 0.717) is 5.92 Å². The number of hydrogen-bond acceptors (Lipinski definition) is 3. The minimum absolute atomic E-state index is 0.145. The molecular formula is C17H22N4O. The van der Waals surface area contributed by atoms with E-state index in [1.54, 1.807) is 6.33 Å². The van der Waals surface area contributed by atoms with Crippen LogP contribution in [0.4, 0.5) is 0 Å². The van der Waals surface area contributed by atoms with E-state index < -0.39 is 0 Å². The third-order valence-corrected chi connectivity index (χ3v) is 4.35. The molecule has 1 aromatic heterocycles. The van der Waals surface area contributed by atoms with Crippen molar-refractivity contribution in [1.82, 2.24) is 19.7 Å². The topological polar surface area (TPSA) is 51.0 Å². The van der Waals surface area contributed by atoms with Crippen LogP contribution in [0, 0.1) is 12.8 Å². The highest BCUT2D eigenvalue weighted by Crippen LogP contribution is 2.21. The van der Waals surface area contributed by atoms with E-state index >= 15 is 0 Å². The molecule has 116 valence electrons. The molecule has 1 saturated heterocycles. The van der Waals surface area contributed by atoms with Crippen LogP contribution in [-0.4, -0.2) is 38.7 Å². The van der Waals surface area contributed by atoms with Crippen molar-refractivity contribution in [3.05, 3.63) is 47.5 Å². The first-order valence-corrected chi connectivity index (χ1v) is 7.82. The Bertz CT molecular complexity index is 664. The summed E-state index contributed by atoms with van der Waals surface area (Å²) < 4.78 is 1.96. The van der Waals surface area contributed by atoms with Crippen LogP contribution in [0.5, 0.6) is 0 Å². The van der Waals surface area contributed by atoms with Crippen LogP contribution in [0.3, 0.4) is 0 Å². The minimum atomic E-state index is 0.145. The maximum atomic E-state index is 12.7. The van der Waals surface area contributed by atoms with Crippen molar-refractivity contribution in [2.45, 2.75) is 26.2 Å². The lowest BCUT2D eigenvalue weighted by Crippen LogP contribution is -2.40. The van der Waals surface area contributed by atoms with E-state index in [2.05, 4.69) is 10.2 Å². The number of amides is 1. The highest BCUT2D eigenvalue weighted by Gasteiger charge is 2.25. The zero-order chi connectivity index (χ0) is 15.5. The van der Waals surface area contributed by atoms with Crippen LogP contribution in [0.2, 0.25) is 0 Å². The monoisotopic (exact) mass is 298 g/mol. The molecule has 1 atom stereocenters. The van der Waals surface area contributed by atoms with E-state index in [1.807, 2.05) is 47.7 Å². The van der Waals surface area contributed by atoms with Crippen LogP contribution < -0.4 is 0 Å². The van der Waals surface area contributed by atoms with Gasteiger partial charge < -0.3 is 9.47 Å². The normalized spacial score (nSPS) is 18.5. The molecule has 1 aromatic carbocycles. The fourth-order valence-electron chi connectivity index (χ4n) is 3.13. The maximum Gasteiger partial charge on any atom is 0.253 e. The molecule has 0 aliphatic carbocycles. The third kappa shape index (κ3) is 3.18. The SMILES string of the molecule is Cc1cccc(C(=O)N2CCCC(Cc3nncn3C)C2)c1. The van der Waals surface area contributed by atoms with E-state index in [4.69, 9.17) is 0 Å². The van der Waals surface area contributed by atoms with Crippen molar-refractivity contribution in [3.63, 3.8) is 0 Å². The van der Waals surface area contributed by atoms with Crippen molar-refractivity contribution in [2.24, 2.45) is 13.0 Å². The smallest absolute Gasteiger partial charge is 0.253 e. The van der Waals surface area contributed by atoms with E-state index in [-0.39, 0.29) is 5.91 Å². The number of aromatic nitrogens is 3. The lowest BCUT2D eigenvalue weighted by molar-refractivity contribution is 0.0671. The molecule has 0 spiro atoms. The molecule has 0 N–H and O–H groups in total. The van der Waals surface area contributed by atoms with Gasteiger partial charge in [0, 0.05) is 32.1 Å². The summed E-state index contributed by atoms with van der Waals surface area (Å²) in [6.45, 7) is 3.67. The average molecular weight is 298 g/mol. The summed E-state index contributed by atoms with van der Waals surface area (Å²) in [5, 5.41) is 8.09. The molecule has 2 heterocycles. The van der Waals surface area contributed by atoms with Crippen molar-refractivity contribution >= 4 is 5.91 Å². The Morgan fingerprint density at radius 1 is 1.41 bits per heavy atom. The fraction of sp³-hybridized carbons (Fsp3) is 0.471. The molecule has 0 bridgehead atoms. The Labute approximate surface area is 131 Å². The van der Waals surface area contributed by atoms with Gasteiger partial charge in [-0.25, -0.2) is 0 Å². The molecule has 3 rings (SSSR count). The summed E-state index contributed by atoms with van der Waals surface area (Å²) in [6, 6.07) is 7.84. The van der Waals surface area contributed by atoms with Gasteiger partial charge in [-0.3, -0.25) is 4.79 Å². The molecule has 0 radical (unpaired) electrons. The lowest BCUT2D eigenvalue weighted by Gasteiger charge is -2.32. The molecule has 1 fully saturated rings. The van der Waals surface area contributed by atoms with Gasteiger partial charge in [-0.15, -0.1) is 10.2 Å². The summed E-state index contributed by atoms with van der Waals surface area (Å²) in [5.74, 6) is 1.60. The second kappa shape index (κ2) is 6.30. The molecule has 1 aliphatic rings. The van der Waals surface area contributed by atoms with Crippen molar-refractivity contribution in [2.75, 3.05) is 13.1 Å².